The number of rotatable bonds is 1. The highest BCUT2D eigenvalue weighted by Gasteiger charge is 2.68. The van der Waals surface area contributed by atoms with Crippen LogP contribution in [-0.4, -0.2) is 37.0 Å². The van der Waals surface area contributed by atoms with Gasteiger partial charge >= 0.3 is 0 Å². The Labute approximate surface area is 95.5 Å². The van der Waals surface area contributed by atoms with Crippen LogP contribution >= 0.6 is 0 Å². The Kier molecular flexibility index (Phi) is 2.06. The van der Waals surface area contributed by atoms with Crippen LogP contribution in [0.5, 0.6) is 0 Å². The summed E-state index contributed by atoms with van der Waals surface area (Å²) >= 11 is 0. The summed E-state index contributed by atoms with van der Waals surface area (Å²) in [6, 6.07) is 0. The zero-order valence-corrected chi connectivity index (χ0v) is 9.99. The fourth-order valence-electron chi connectivity index (χ4n) is 3.19. The van der Waals surface area contributed by atoms with E-state index in [4.69, 9.17) is 18.9 Å². The predicted octanol–water partition coefficient (Wildman–Crippen LogP) is 1.60. The van der Waals surface area contributed by atoms with Gasteiger partial charge in [-0.15, -0.1) is 0 Å². The first kappa shape index (κ1) is 10.7. The van der Waals surface area contributed by atoms with E-state index in [-0.39, 0.29) is 24.1 Å². The minimum atomic E-state index is -0.561. The van der Waals surface area contributed by atoms with Crippen molar-refractivity contribution in [3.05, 3.63) is 12.2 Å². The third-order valence-electron chi connectivity index (χ3n) is 3.73. The summed E-state index contributed by atoms with van der Waals surface area (Å²) < 4.78 is 23.2. The van der Waals surface area contributed by atoms with Gasteiger partial charge in [0.15, 0.2) is 12.1 Å². The average molecular weight is 226 g/mol. The highest BCUT2D eigenvalue weighted by Crippen LogP contribution is 2.55. The van der Waals surface area contributed by atoms with Crippen molar-refractivity contribution < 1.29 is 18.9 Å². The van der Waals surface area contributed by atoms with Crippen LogP contribution in [0.4, 0.5) is 0 Å². The first-order chi connectivity index (χ1) is 7.48. The van der Waals surface area contributed by atoms with Crippen molar-refractivity contribution in [3.63, 3.8) is 0 Å². The van der Waals surface area contributed by atoms with Gasteiger partial charge in [0.1, 0.15) is 17.8 Å². The molecule has 0 aromatic rings. The highest BCUT2D eigenvalue weighted by molar-refractivity contribution is 5.26. The molecule has 3 aliphatic rings. The molecule has 90 valence electrons. The fourth-order valence-corrected chi connectivity index (χ4v) is 3.19. The first-order valence-electron chi connectivity index (χ1n) is 5.72. The molecule has 0 N–H and O–H groups in total. The molecule has 0 aromatic carbocycles. The van der Waals surface area contributed by atoms with Crippen molar-refractivity contribution in [3.8, 4) is 0 Å². The maximum atomic E-state index is 6.10. The van der Waals surface area contributed by atoms with E-state index in [2.05, 4.69) is 6.58 Å². The molecule has 4 heteroatoms. The van der Waals surface area contributed by atoms with Crippen LogP contribution in [0, 0.1) is 0 Å². The SMILES string of the molecule is C=C1CC[C@]23OC(C)(C)O[C@H]2C(OC)O[C@H]13. The average Bonchev–Trinajstić information content (AvgIpc) is 2.73. The highest BCUT2D eigenvalue weighted by atomic mass is 16.8. The smallest absolute Gasteiger partial charge is 0.187 e. The molecule has 2 heterocycles. The summed E-state index contributed by atoms with van der Waals surface area (Å²) in [6.07, 6.45) is 1.28. The maximum Gasteiger partial charge on any atom is 0.187 e. The van der Waals surface area contributed by atoms with Crippen LogP contribution in [0.3, 0.4) is 0 Å². The number of hydrogen-bond acceptors (Lipinski definition) is 4. The van der Waals surface area contributed by atoms with Crippen molar-refractivity contribution in [2.24, 2.45) is 0 Å². The lowest BCUT2D eigenvalue weighted by Crippen LogP contribution is -2.43. The van der Waals surface area contributed by atoms with Gasteiger partial charge < -0.3 is 18.9 Å². The second-order valence-corrected chi connectivity index (χ2v) is 5.27. The monoisotopic (exact) mass is 226 g/mol. The fraction of sp³-hybridized carbons (Fsp3) is 0.833. The van der Waals surface area contributed by atoms with Crippen LogP contribution in [0.1, 0.15) is 26.7 Å². The molecule has 2 saturated heterocycles. The molecule has 4 atom stereocenters. The van der Waals surface area contributed by atoms with Crippen molar-refractivity contribution in [2.75, 3.05) is 7.11 Å². The summed E-state index contributed by atoms with van der Waals surface area (Å²) in [5, 5.41) is 0. The molecule has 0 bridgehead atoms. The van der Waals surface area contributed by atoms with Crippen LogP contribution in [0.15, 0.2) is 12.2 Å². The minimum Gasteiger partial charge on any atom is -0.353 e. The van der Waals surface area contributed by atoms with E-state index >= 15 is 0 Å². The van der Waals surface area contributed by atoms with E-state index in [1.165, 1.54) is 0 Å². The molecule has 1 unspecified atom stereocenters. The summed E-state index contributed by atoms with van der Waals surface area (Å²) in [5.41, 5.74) is 0.715. The van der Waals surface area contributed by atoms with Crippen LogP contribution in [-0.2, 0) is 18.9 Å². The van der Waals surface area contributed by atoms with Gasteiger partial charge in [-0.2, -0.15) is 0 Å². The topological polar surface area (TPSA) is 36.9 Å². The zero-order chi connectivity index (χ0) is 11.6. The van der Waals surface area contributed by atoms with Gasteiger partial charge in [0, 0.05) is 7.11 Å². The molecular formula is C12H18O4. The lowest BCUT2D eigenvalue weighted by molar-refractivity contribution is -0.228. The van der Waals surface area contributed by atoms with Gasteiger partial charge in [0.05, 0.1) is 0 Å². The maximum absolute atomic E-state index is 6.10. The lowest BCUT2D eigenvalue weighted by Gasteiger charge is -2.26. The van der Waals surface area contributed by atoms with Crippen molar-refractivity contribution >= 4 is 0 Å². The third-order valence-corrected chi connectivity index (χ3v) is 3.73. The molecular weight excluding hydrogens is 208 g/mol. The van der Waals surface area contributed by atoms with Crippen molar-refractivity contribution in [1.29, 1.82) is 0 Å². The van der Waals surface area contributed by atoms with Gasteiger partial charge in [-0.1, -0.05) is 6.58 Å². The Morgan fingerprint density at radius 3 is 2.88 bits per heavy atom. The summed E-state index contributed by atoms with van der Waals surface area (Å²) in [5.74, 6) is -0.561. The molecule has 3 fully saturated rings. The molecule has 1 aliphatic carbocycles. The third kappa shape index (κ3) is 1.19. The summed E-state index contributed by atoms with van der Waals surface area (Å²) in [4.78, 5) is 0. The zero-order valence-electron chi connectivity index (χ0n) is 9.99. The Hall–Kier alpha value is -0.420. The van der Waals surface area contributed by atoms with E-state index < -0.39 is 5.79 Å². The molecule has 2 aliphatic heterocycles. The Balaban J connectivity index is 1.99. The minimum absolute atomic E-state index is 0.0794. The number of hydrogen-bond donors (Lipinski definition) is 0. The van der Waals surface area contributed by atoms with Crippen LogP contribution < -0.4 is 0 Å². The quantitative estimate of drug-likeness (QED) is 0.636. The molecule has 0 aromatic heterocycles. The van der Waals surface area contributed by atoms with Gasteiger partial charge in [0.2, 0.25) is 0 Å². The second kappa shape index (κ2) is 3.07. The van der Waals surface area contributed by atoms with E-state index in [0.717, 1.165) is 18.4 Å². The number of methoxy groups -OCH3 is 1. The van der Waals surface area contributed by atoms with Crippen molar-refractivity contribution in [1.82, 2.24) is 0 Å². The van der Waals surface area contributed by atoms with Crippen molar-refractivity contribution in [2.45, 2.75) is 56.6 Å². The van der Waals surface area contributed by atoms with Gasteiger partial charge in [-0.25, -0.2) is 0 Å². The van der Waals surface area contributed by atoms with E-state index in [0.29, 0.717) is 0 Å². The number of ether oxygens (including phenoxy) is 4. The molecule has 1 spiro atoms. The second-order valence-electron chi connectivity index (χ2n) is 5.27. The molecule has 16 heavy (non-hydrogen) atoms. The summed E-state index contributed by atoms with van der Waals surface area (Å²) in [7, 11) is 1.64. The Bertz CT molecular complexity index is 338. The first-order valence-corrected chi connectivity index (χ1v) is 5.72. The normalized spacial score (nSPS) is 49.4. The molecule has 3 rings (SSSR count). The van der Waals surface area contributed by atoms with E-state index in [1.54, 1.807) is 7.11 Å². The van der Waals surface area contributed by atoms with Gasteiger partial charge in [-0.05, 0) is 32.3 Å². The lowest BCUT2D eigenvalue weighted by atomic mass is 9.94. The van der Waals surface area contributed by atoms with Crippen LogP contribution in [0.25, 0.3) is 0 Å². The predicted molar refractivity (Wildman–Crippen MR) is 56.8 cm³/mol. The molecule has 1 saturated carbocycles. The van der Waals surface area contributed by atoms with Gasteiger partial charge in [-0.3, -0.25) is 0 Å². The summed E-state index contributed by atoms with van der Waals surface area (Å²) in [6.45, 7) is 7.92. The largest absolute Gasteiger partial charge is 0.353 e. The van der Waals surface area contributed by atoms with E-state index in [9.17, 15) is 0 Å². The Morgan fingerprint density at radius 2 is 2.19 bits per heavy atom. The Morgan fingerprint density at radius 1 is 1.44 bits per heavy atom. The molecule has 4 nitrogen and oxygen atoms in total. The molecule has 0 amide bonds. The molecule has 0 radical (unpaired) electrons. The standard InChI is InChI=1S/C12H18O4/c1-7-5-6-12-8(7)14-10(13-4)9(12)15-11(2,3)16-12/h8-10H,1,5-6H2,2-4H3/t8-,9+,10?,12-/m1/s1. The van der Waals surface area contributed by atoms with Gasteiger partial charge in [0.25, 0.3) is 0 Å². The van der Waals surface area contributed by atoms with Crippen LogP contribution in [0.2, 0.25) is 0 Å². The van der Waals surface area contributed by atoms with E-state index in [1.807, 2.05) is 13.8 Å².